The molecular weight excluding hydrogens is 372 g/mol. The summed E-state index contributed by atoms with van der Waals surface area (Å²) in [6, 6.07) is 0. The Hall–Kier alpha value is -1.44. The molecule has 168 valence electrons. The molecule has 7 nitrogen and oxygen atoms in total. The van der Waals surface area contributed by atoms with Crippen LogP contribution in [0.25, 0.3) is 0 Å². The molecule has 0 atom stereocenters. The van der Waals surface area contributed by atoms with Crippen molar-refractivity contribution >= 4 is 11.8 Å². The van der Waals surface area contributed by atoms with Gasteiger partial charge in [-0.3, -0.25) is 9.59 Å². The van der Waals surface area contributed by atoms with Gasteiger partial charge in [0.1, 0.15) is 5.54 Å². The summed E-state index contributed by atoms with van der Waals surface area (Å²) in [4.78, 5) is 25.3. The number of hydrogen-bond donors (Lipinski definition) is 2. The van der Waals surface area contributed by atoms with Crippen molar-refractivity contribution in [1.82, 2.24) is 10.2 Å². The molecule has 2 N–H and O–H groups in total. The monoisotopic (exact) mass is 412 g/mol. The smallest absolute Gasteiger partial charge is 0.245 e. The van der Waals surface area contributed by atoms with Crippen LogP contribution in [-0.2, 0) is 19.1 Å². The third-order valence-corrected chi connectivity index (χ3v) is 5.30. The first-order chi connectivity index (χ1) is 13.7. The van der Waals surface area contributed by atoms with E-state index in [4.69, 9.17) is 9.47 Å². The van der Waals surface area contributed by atoms with Crippen LogP contribution in [0.4, 0.5) is 0 Å². The van der Waals surface area contributed by atoms with Crippen molar-refractivity contribution in [2.45, 2.75) is 83.0 Å². The summed E-state index contributed by atoms with van der Waals surface area (Å²) >= 11 is 0. The van der Waals surface area contributed by atoms with Crippen LogP contribution >= 0.6 is 0 Å². The van der Waals surface area contributed by atoms with Crippen LogP contribution in [0.2, 0.25) is 0 Å². The summed E-state index contributed by atoms with van der Waals surface area (Å²) in [7, 11) is 1.80. The number of amides is 2. The van der Waals surface area contributed by atoms with Gasteiger partial charge in [0.2, 0.25) is 11.8 Å². The molecule has 0 bridgehead atoms. The van der Waals surface area contributed by atoms with Crippen LogP contribution in [0, 0.1) is 0 Å². The number of unbranched alkanes of at least 4 members (excludes halogenated alkanes) is 7. The van der Waals surface area contributed by atoms with E-state index in [0.717, 1.165) is 38.6 Å². The molecule has 0 aromatic carbocycles. The van der Waals surface area contributed by atoms with Gasteiger partial charge < -0.3 is 24.8 Å². The average Bonchev–Trinajstić information content (AvgIpc) is 2.70. The van der Waals surface area contributed by atoms with Crippen molar-refractivity contribution in [3.63, 3.8) is 0 Å². The third kappa shape index (κ3) is 10.2. The summed E-state index contributed by atoms with van der Waals surface area (Å²) in [6.45, 7) is 8.20. The standard InChI is InChI=1S/C22H40N2O5/c1-5-20(27)24(4)15-13-11-9-7-6-8-10-12-14-19(26)23-22(16-25)17-28-21(2,3)29-18-22/h5,25H,1,6-18H2,2-4H3,(H,23,26). The SMILES string of the molecule is C=CC(=O)N(C)CCCCCCCCCCC(=O)NC1(CO)COC(C)(C)OC1. The van der Waals surface area contributed by atoms with E-state index in [1.54, 1.807) is 11.9 Å². The highest BCUT2D eigenvalue weighted by molar-refractivity contribution is 5.86. The number of aliphatic hydroxyl groups is 1. The lowest BCUT2D eigenvalue weighted by Gasteiger charge is -2.42. The second-order valence-corrected chi connectivity index (χ2v) is 8.51. The van der Waals surface area contributed by atoms with E-state index in [2.05, 4.69) is 11.9 Å². The van der Waals surface area contributed by atoms with E-state index in [-0.39, 0.29) is 31.6 Å². The number of rotatable bonds is 14. The van der Waals surface area contributed by atoms with Gasteiger partial charge in [-0.25, -0.2) is 0 Å². The summed E-state index contributed by atoms with van der Waals surface area (Å²) in [5, 5.41) is 12.6. The van der Waals surface area contributed by atoms with Crippen molar-refractivity contribution in [3.8, 4) is 0 Å². The molecule has 0 radical (unpaired) electrons. The van der Waals surface area contributed by atoms with E-state index >= 15 is 0 Å². The number of nitrogens with one attached hydrogen (secondary N) is 1. The Kier molecular flexibility index (Phi) is 11.5. The third-order valence-electron chi connectivity index (χ3n) is 5.30. The highest BCUT2D eigenvalue weighted by Crippen LogP contribution is 2.23. The fourth-order valence-electron chi connectivity index (χ4n) is 3.23. The van der Waals surface area contributed by atoms with E-state index in [1.807, 2.05) is 13.8 Å². The number of carbonyl (C=O) groups excluding carboxylic acids is 2. The maximum absolute atomic E-state index is 12.2. The largest absolute Gasteiger partial charge is 0.394 e. The zero-order valence-corrected chi connectivity index (χ0v) is 18.5. The van der Waals surface area contributed by atoms with Gasteiger partial charge in [-0.05, 0) is 32.8 Å². The minimum atomic E-state index is -0.836. The van der Waals surface area contributed by atoms with Gasteiger partial charge in [0.05, 0.1) is 19.8 Å². The van der Waals surface area contributed by atoms with E-state index in [9.17, 15) is 14.7 Å². The first-order valence-corrected chi connectivity index (χ1v) is 10.8. The molecule has 1 aliphatic rings. The molecule has 0 unspecified atom stereocenters. The van der Waals surface area contributed by atoms with Gasteiger partial charge in [0, 0.05) is 20.0 Å². The summed E-state index contributed by atoms with van der Waals surface area (Å²) in [5.74, 6) is -0.766. The predicted molar refractivity (Wildman–Crippen MR) is 113 cm³/mol. The molecule has 1 rings (SSSR count). The van der Waals surface area contributed by atoms with Crippen LogP contribution in [-0.4, -0.2) is 66.6 Å². The number of aliphatic hydroxyl groups excluding tert-OH is 1. The van der Waals surface area contributed by atoms with Crippen molar-refractivity contribution in [1.29, 1.82) is 0 Å². The Morgan fingerprint density at radius 3 is 2.07 bits per heavy atom. The average molecular weight is 413 g/mol. The summed E-state index contributed by atoms with van der Waals surface area (Å²) in [6.07, 6.45) is 10.5. The molecular formula is C22H40N2O5. The molecule has 2 amide bonds. The first-order valence-electron chi connectivity index (χ1n) is 10.8. The molecule has 1 aliphatic heterocycles. The van der Waals surface area contributed by atoms with Crippen LogP contribution in [0.3, 0.4) is 0 Å². The van der Waals surface area contributed by atoms with Gasteiger partial charge in [-0.15, -0.1) is 0 Å². The second-order valence-electron chi connectivity index (χ2n) is 8.51. The highest BCUT2D eigenvalue weighted by atomic mass is 16.7. The van der Waals surface area contributed by atoms with Gasteiger partial charge >= 0.3 is 0 Å². The quantitative estimate of drug-likeness (QED) is 0.338. The van der Waals surface area contributed by atoms with E-state index in [0.29, 0.717) is 6.42 Å². The molecule has 0 spiro atoms. The Morgan fingerprint density at radius 1 is 1.03 bits per heavy atom. The zero-order valence-electron chi connectivity index (χ0n) is 18.5. The molecule has 29 heavy (non-hydrogen) atoms. The Balaban J connectivity index is 2.02. The fourth-order valence-corrected chi connectivity index (χ4v) is 3.23. The van der Waals surface area contributed by atoms with Gasteiger partial charge in [0.25, 0.3) is 0 Å². The number of carbonyl (C=O) groups is 2. The number of ether oxygens (including phenoxy) is 2. The van der Waals surface area contributed by atoms with Gasteiger partial charge in [-0.1, -0.05) is 45.1 Å². The van der Waals surface area contributed by atoms with Gasteiger partial charge in [0.15, 0.2) is 5.79 Å². The van der Waals surface area contributed by atoms with E-state index < -0.39 is 11.3 Å². The lowest BCUT2D eigenvalue weighted by molar-refractivity contribution is -0.274. The van der Waals surface area contributed by atoms with Crippen molar-refractivity contribution in [3.05, 3.63) is 12.7 Å². The Bertz CT molecular complexity index is 511. The molecule has 1 saturated heterocycles. The molecule has 1 heterocycles. The number of nitrogens with zero attached hydrogens (tertiary/aromatic N) is 1. The van der Waals surface area contributed by atoms with Crippen molar-refractivity contribution in [2.75, 3.05) is 33.4 Å². The topological polar surface area (TPSA) is 88.1 Å². The summed E-state index contributed by atoms with van der Waals surface area (Å²) in [5.41, 5.74) is -0.836. The van der Waals surface area contributed by atoms with Crippen LogP contribution in [0.15, 0.2) is 12.7 Å². The van der Waals surface area contributed by atoms with Crippen LogP contribution in [0.5, 0.6) is 0 Å². The minimum Gasteiger partial charge on any atom is -0.394 e. The molecule has 0 aromatic heterocycles. The predicted octanol–water partition coefficient (Wildman–Crippen LogP) is 2.77. The molecule has 1 fully saturated rings. The first kappa shape index (κ1) is 25.6. The normalized spacial score (nSPS) is 17.5. The van der Waals surface area contributed by atoms with Crippen molar-refractivity contribution in [2.24, 2.45) is 0 Å². The summed E-state index contributed by atoms with van der Waals surface area (Å²) < 4.78 is 11.2. The number of hydrogen-bond acceptors (Lipinski definition) is 5. The van der Waals surface area contributed by atoms with E-state index in [1.165, 1.54) is 25.3 Å². The highest BCUT2D eigenvalue weighted by Gasteiger charge is 2.40. The number of likely N-dealkylation sites (N-methyl/N-ethyl adjacent to an activating group) is 1. The van der Waals surface area contributed by atoms with Crippen molar-refractivity contribution < 1.29 is 24.2 Å². The maximum atomic E-state index is 12.2. The van der Waals surface area contributed by atoms with Gasteiger partial charge in [-0.2, -0.15) is 0 Å². The molecule has 0 aromatic rings. The van der Waals surface area contributed by atoms with Crippen LogP contribution in [0.1, 0.15) is 71.6 Å². The zero-order chi connectivity index (χ0) is 21.8. The molecule has 0 saturated carbocycles. The lowest BCUT2D eigenvalue weighted by Crippen LogP contribution is -2.63. The molecule has 7 heteroatoms. The second kappa shape index (κ2) is 13.0. The Morgan fingerprint density at radius 2 is 1.55 bits per heavy atom. The molecule has 0 aliphatic carbocycles. The Labute approximate surface area is 175 Å². The fraction of sp³-hybridized carbons (Fsp3) is 0.818. The minimum absolute atomic E-state index is 0.0219. The maximum Gasteiger partial charge on any atom is 0.245 e. The van der Waals surface area contributed by atoms with Crippen LogP contribution < -0.4 is 5.32 Å². The lowest BCUT2D eigenvalue weighted by atomic mass is 10.0.